The number of carbonyl (C=O) groups excluding carboxylic acids is 1. The molecule has 2 rings (SSSR count). The van der Waals surface area contributed by atoms with Crippen LogP contribution in [0, 0.1) is 5.41 Å². The number of thioether (sulfide) groups is 1. The summed E-state index contributed by atoms with van der Waals surface area (Å²) >= 11 is 1.87. The predicted octanol–water partition coefficient (Wildman–Crippen LogP) is 1.78. The molecule has 2 aliphatic rings. The molecule has 1 aliphatic heterocycles. The first-order valence-corrected chi connectivity index (χ1v) is 7.89. The summed E-state index contributed by atoms with van der Waals surface area (Å²) in [5.41, 5.74) is -0.814. The summed E-state index contributed by atoms with van der Waals surface area (Å²) < 4.78 is 0. The standard InChI is InChI=1S/C13H22N2O3S/c1-9-8-15(6-7-19-9)12(18)14-10-4-3-5-13(10,2)11(16)17/h9-10H,3-8H2,1-2H3,(H,14,18)(H,16,17). The molecule has 6 heteroatoms. The molecule has 2 amide bonds. The van der Waals surface area contributed by atoms with E-state index in [1.807, 2.05) is 16.7 Å². The third-order valence-corrected chi connectivity index (χ3v) is 5.41. The molecule has 0 radical (unpaired) electrons. The molecule has 19 heavy (non-hydrogen) atoms. The van der Waals surface area contributed by atoms with Gasteiger partial charge >= 0.3 is 12.0 Å². The molecule has 1 saturated heterocycles. The summed E-state index contributed by atoms with van der Waals surface area (Å²) in [7, 11) is 0. The van der Waals surface area contributed by atoms with E-state index in [9.17, 15) is 14.7 Å². The number of nitrogens with zero attached hydrogens (tertiary/aromatic N) is 1. The van der Waals surface area contributed by atoms with Crippen molar-refractivity contribution in [3.05, 3.63) is 0 Å². The highest BCUT2D eigenvalue weighted by Crippen LogP contribution is 2.38. The van der Waals surface area contributed by atoms with Crippen LogP contribution >= 0.6 is 11.8 Å². The zero-order valence-corrected chi connectivity index (χ0v) is 12.3. The second-order valence-corrected chi connectivity index (χ2v) is 7.29. The molecular weight excluding hydrogens is 264 g/mol. The third-order valence-electron chi connectivity index (χ3n) is 4.27. The fourth-order valence-electron chi connectivity index (χ4n) is 2.90. The number of carboxylic acid groups (broad SMARTS) is 1. The number of amides is 2. The average Bonchev–Trinajstić information content (AvgIpc) is 2.72. The van der Waals surface area contributed by atoms with Crippen molar-refractivity contribution in [3.8, 4) is 0 Å². The van der Waals surface area contributed by atoms with Gasteiger partial charge in [0.05, 0.1) is 5.41 Å². The second kappa shape index (κ2) is 5.61. The van der Waals surface area contributed by atoms with E-state index >= 15 is 0 Å². The molecule has 1 saturated carbocycles. The van der Waals surface area contributed by atoms with Crippen LogP contribution in [-0.2, 0) is 4.79 Å². The van der Waals surface area contributed by atoms with Gasteiger partial charge in [0, 0.05) is 30.1 Å². The summed E-state index contributed by atoms with van der Waals surface area (Å²) in [6, 6.07) is -0.353. The van der Waals surface area contributed by atoms with Gasteiger partial charge in [-0.15, -0.1) is 0 Å². The van der Waals surface area contributed by atoms with Gasteiger partial charge < -0.3 is 15.3 Å². The van der Waals surface area contributed by atoms with E-state index in [1.165, 1.54) is 0 Å². The van der Waals surface area contributed by atoms with Gasteiger partial charge in [0.2, 0.25) is 0 Å². The van der Waals surface area contributed by atoms with Gasteiger partial charge in [-0.05, 0) is 19.8 Å². The number of aliphatic carboxylic acids is 1. The molecule has 0 aromatic rings. The minimum atomic E-state index is -0.814. The molecule has 108 valence electrons. The van der Waals surface area contributed by atoms with Gasteiger partial charge in [0.25, 0.3) is 0 Å². The van der Waals surface area contributed by atoms with Crippen molar-refractivity contribution in [3.63, 3.8) is 0 Å². The van der Waals surface area contributed by atoms with Crippen molar-refractivity contribution in [2.24, 2.45) is 5.41 Å². The van der Waals surface area contributed by atoms with Crippen LogP contribution in [0.15, 0.2) is 0 Å². The van der Waals surface area contributed by atoms with Gasteiger partial charge in [-0.1, -0.05) is 13.3 Å². The zero-order chi connectivity index (χ0) is 14.0. The smallest absolute Gasteiger partial charge is 0.317 e. The Morgan fingerprint density at radius 3 is 2.84 bits per heavy atom. The maximum atomic E-state index is 12.2. The van der Waals surface area contributed by atoms with Gasteiger partial charge in [0.1, 0.15) is 0 Å². The van der Waals surface area contributed by atoms with E-state index in [0.717, 1.165) is 31.7 Å². The number of urea groups is 1. The summed E-state index contributed by atoms with van der Waals surface area (Å²) in [4.78, 5) is 25.4. The minimum absolute atomic E-state index is 0.105. The summed E-state index contributed by atoms with van der Waals surface area (Å²) in [5.74, 6) is 0.146. The number of carbonyl (C=O) groups is 2. The average molecular weight is 286 g/mol. The summed E-state index contributed by atoms with van der Waals surface area (Å²) in [5, 5.41) is 12.7. The molecule has 2 fully saturated rings. The lowest BCUT2D eigenvalue weighted by Crippen LogP contribution is -2.53. The minimum Gasteiger partial charge on any atom is -0.481 e. The summed E-state index contributed by atoms with van der Waals surface area (Å²) in [6.45, 7) is 5.34. The van der Waals surface area contributed by atoms with E-state index in [0.29, 0.717) is 11.7 Å². The molecule has 3 atom stereocenters. The van der Waals surface area contributed by atoms with Gasteiger partial charge in [0.15, 0.2) is 0 Å². The van der Waals surface area contributed by atoms with E-state index in [4.69, 9.17) is 0 Å². The highest BCUT2D eigenvalue weighted by Gasteiger charge is 2.46. The van der Waals surface area contributed by atoms with Gasteiger partial charge in [-0.3, -0.25) is 4.79 Å². The van der Waals surface area contributed by atoms with Crippen LogP contribution in [0.4, 0.5) is 4.79 Å². The van der Waals surface area contributed by atoms with Crippen LogP contribution in [0.1, 0.15) is 33.1 Å². The van der Waals surface area contributed by atoms with Crippen LogP contribution < -0.4 is 5.32 Å². The van der Waals surface area contributed by atoms with Crippen molar-refractivity contribution in [2.45, 2.75) is 44.4 Å². The van der Waals surface area contributed by atoms with Crippen molar-refractivity contribution in [1.29, 1.82) is 0 Å². The predicted molar refractivity (Wildman–Crippen MR) is 75.4 cm³/mol. The maximum Gasteiger partial charge on any atom is 0.317 e. The fourth-order valence-corrected chi connectivity index (χ4v) is 3.91. The zero-order valence-electron chi connectivity index (χ0n) is 11.5. The SMILES string of the molecule is CC1CN(C(=O)NC2CCCC2(C)C(=O)O)CCS1. The normalized spacial score (nSPS) is 35.2. The van der Waals surface area contributed by atoms with E-state index in [1.54, 1.807) is 6.92 Å². The second-order valence-electron chi connectivity index (χ2n) is 5.74. The van der Waals surface area contributed by atoms with Crippen molar-refractivity contribution in [2.75, 3.05) is 18.8 Å². The third kappa shape index (κ3) is 2.99. The highest BCUT2D eigenvalue weighted by atomic mass is 32.2. The van der Waals surface area contributed by atoms with E-state index in [-0.39, 0.29) is 12.1 Å². The molecule has 5 nitrogen and oxygen atoms in total. The topological polar surface area (TPSA) is 69.6 Å². The molecular formula is C13H22N2O3S. The first-order valence-electron chi connectivity index (χ1n) is 6.84. The van der Waals surface area contributed by atoms with Crippen LogP contribution in [0.3, 0.4) is 0 Å². The Bertz CT molecular complexity index is 377. The Morgan fingerprint density at radius 1 is 1.47 bits per heavy atom. The first-order chi connectivity index (χ1) is 8.93. The summed E-state index contributed by atoms with van der Waals surface area (Å²) in [6.07, 6.45) is 2.26. The van der Waals surface area contributed by atoms with Crippen LogP contribution in [0.25, 0.3) is 0 Å². The number of hydrogen-bond donors (Lipinski definition) is 2. The fraction of sp³-hybridized carbons (Fsp3) is 0.846. The molecule has 1 heterocycles. The Balaban J connectivity index is 1.96. The van der Waals surface area contributed by atoms with Crippen molar-refractivity contribution in [1.82, 2.24) is 10.2 Å². The Kier molecular flexibility index (Phi) is 4.28. The lowest BCUT2D eigenvalue weighted by Gasteiger charge is -2.34. The number of carboxylic acids is 1. The lowest BCUT2D eigenvalue weighted by molar-refractivity contribution is -0.148. The highest BCUT2D eigenvalue weighted by molar-refractivity contribution is 7.99. The molecule has 0 aromatic heterocycles. The number of nitrogens with one attached hydrogen (secondary N) is 1. The van der Waals surface area contributed by atoms with Gasteiger partial charge in [-0.25, -0.2) is 4.79 Å². The Hall–Kier alpha value is -0.910. The van der Waals surface area contributed by atoms with Crippen molar-refractivity contribution >= 4 is 23.8 Å². The van der Waals surface area contributed by atoms with Gasteiger partial charge in [-0.2, -0.15) is 11.8 Å². The lowest BCUT2D eigenvalue weighted by atomic mass is 9.85. The van der Waals surface area contributed by atoms with Crippen LogP contribution in [0.2, 0.25) is 0 Å². The first kappa shape index (κ1) is 14.5. The van der Waals surface area contributed by atoms with Crippen molar-refractivity contribution < 1.29 is 14.7 Å². The number of hydrogen-bond acceptors (Lipinski definition) is 3. The molecule has 0 aromatic carbocycles. The molecule has 3 unspecified atom stereocenters. The Labute approximate surface area is 118 Å². The van der Waals surface area contributed by atoms with E-state index in [2.05, 4.69) is 12.2 Å². The molecule has 1 aliphatic carbocycles. The number of rotatable bonds is 2. The van der Waals surface area contributed by atoms with Crippen LogP contribution in [0.5, 0.6) is 0 Å². The molecule has 2 N–H and O–H groups in total. The van der Waals surface area contributed by atoms with Crippen LogP contribution in [-0.4, -0.2) is 52.1 Å². The maximum absolute atomic E-state index is 12.2. The quantitative estimate of drug-likeness (QED) is 0.812. The molecule has 0 spiro atoms. The largest absolute Gasteiger partial charge is 0.481 e. The Morgan fingerprint density at radius 2 is 2.21 bits per heavy atom. The van der Waals surface area contributed by atoms with E-state index < -0.39 is 11.4 Å². The molecule has 0 bridgehead atoms. The monoisotopic (exact) mass is 286 g/mol.